The molecule has 0 aromatic heterocycles. The van der Waals surface area contributed by atoms with Crippen LogP contribution in [0.25, 0.3) is 0 Å². The van der Waals surface area contributed by atoms with Crippen molar-refractivity contribution in [1.82, 2.24) is 0 Å². The molecule has 4 aromatic carbocycles. The summed E-state index contributed by atoms with van der Waals surface area (Å²) in [7, 11) is 0. The first-order valence-corrected chi connectivity index (χ1v) is 13.8. The number of nitro groups is 2. The van der Waals surface area contributed by atoms with Crippen molar-refractivity contribution in [2.75, 3.05) is 16.4 Å². The molecule has 1 amide bonds. The fraction of sp³-hybridized carbons (Fsp3) is 0.0690. The molecule has 0 aliphatic heterocycles. The van der Waals surface area contributed by atoms with E-state index < -0.39 is 56.4 Å². The number of nitrogens with zero attached hydrogens (tertiary/aromatic N) is 2. The van der Waals surface area contributed by atoms with E-state index in [0.717, 1.165) is 6.07 Å². The maximum atomic E-state index is 14.0. The molecule has 0 aliphatic carbocycles. The van der Waals surface area contributed by atoms with E-state index in [-0.39, 0.29) is 28.3 Å². The Morgan fingerprint density at radius 2 is 1.16 bits per heavy atom. The minimum Gasteiger partial charge on any atom is -0.454 e. The molecule has 4 rings (SSSR count). The number of hydrogen-bond acceptors (Lipinski definition) is 10. The summed E-state index contributed by atoms with van der Waals surface area (Å²) >= 11 is 9.53. The molecular weight excluding hydrogens is 714 g/mol. The van der Waals surface area contributed by atoms with Crippen LogP contribution in [0.4, 0.5) is 44.7 Å². The fourth-order valence-corrected chi connectivity index (χ4v) is 3.34. The van der Waals surface area contributed by atoms with Gasteiger partial charge in [0, 0.05) is 23.3 Å². The van der Waals surface area contributed by atoms with Crippen molar-refractivity contribution < 1.29 is 55.7 Å². The van der Waals surface area contributed by atoms with Gasteiger partial charge in [-0.2, -0.15) is 13.2 Å². The van der Waals surface area contributed by atoms with Gasteiger partial charge < -0.3 is 20.5 Å². The van der Waals surface area contributed by atoms with Crippen molar-refractivity contribution in [2.24, 2.45) is 0 Å². The molecule has 20 heteroatoms. The van der Waals surface area contributed by atoms with Crippen LogP contribution in [0.1, 0.15) is 20.7 Å². The second-order valence-corrected chi connectivity index (χ2v) is 9.59. The number of hydrogen-bond donors (Lipinski definition) is 2. The van der Waals surface area contributed by atoms with Gasteiger partial charge >= 0.3 is 12.1 Å². The number of rotatable bonds is 9. The number of amides is 1. The first-order chi connectivity index (χ1) is 23.0. The summed E-state index contributed by atoms with van der Waals surface area (Å²) in [5.41, 5.74) is 3.50. The number of carbonyl (C=O) groups is 3. The molecule has 0 unspecified atom stereocenters. The molecule has 4 aromatic rings. The van der Waals surface area contributed by atoms with Crippen LogP contribution in [0.3, 0.4) is 0 Å². The van der Waals surface area contributed by atoms with E-state index >= 15 is 0 Å². The van der Waals surface area contributed by atoms with Gasteiger partial charge in [-0.05, 0) is 48.5 Å². The third kappa shape index (κ3) is 11.7. The van der Waals surface area contributed by atoms with Gasteiger partial charge in [0.05, 0.1) is 27.3 Å². The van der Waals surface area contributed by atoms with Crippen LogP contribution in [0.15, 0.2) is 72.8 Å². The second kappa shape index (κ2) is 17.9. The van der Waals surface area contributed by atoms with E-state index in [1.165, 1.54) is 53.8 Å². The highest BCUT2D eigenvalue weighted by Crippen LogP contribution is 2.35. The summed E-state index contributed by atoms with van der Waals surface area (Å²) < 4.78 is 75.0. The molecule has 0 radical (unpaired) electrons. The maximum Gasteiger partial charge on any atom is 0.471 e. The summed E-state index contributed by atoms with van der Waals surface area (Å²) in [6.07, 6.45) is -4.09. The number of halogens is 7. The highest BCUT2D eigenvalue weighted by Gasteiger charge is 2.40. The molecule has 0 saturated heterocycles. The number of aldehydes is 2. The SMILES string of the molecule is ClCCl.Nc1cc(Oc2ccc(C=O)cc2)c(F)cc1[N+](=O)[O-].O=Cc1ccc(Oc2cc(NC(=O)C(F)(F)F)c([N+](=O)[O-])cc2F)cc1. The Labute approximate surface area is 281 Å². The number of nitrogens with two attached hydrogens (primary N) is 1. The molecular formula is C29H19Cl2F5N4O9. The molecule has 0 fully saturated rings. The molecule has 13 nitrogen and oxygen atoms in total. The predicted octanol–water partition coefficient (Wildman–Crippen LogP) is 8.18. The monoisotopic (exact) mass is 732 g/mol. The molecule has 0 atom stereocenters. The molecule has 0 bridgehead atoms. The van der Waals surface area contributed by atoms with Gasteiger partial charge in [0.15, 0.2) is 23.1 Å². The number of nitrogen functional groups attached to an aromatic ring is 1. The van der Waals surface area contributed by atoms with Crippen molar-refractivity contribution in [3.8, 4) is 23.0 Å². The fourth-order valence-electron chi connectivity index (χ4n) is 3.34. The summed E-state index contributed by atoms with van der Waals surface area (Å²) in [5, 5.41) is 23.0. The van der Waals surface area contributed by atoms with Gasteiger partial charge in [-0.3, -0.25) is 34.6 Å². The highest BCUT2D eigenvalue weighted by atomic mass is 35.5. The number of anilines is 2. The van der Waals surface area contributed by atoms with Gasteiger partial charge in [0.2, 0.25) is 0 Å². The first-order valence-electron chi connectivity index (χ1n) is 12.7. The number of carbonyl (C=O) groups excluding carboxylic acids is 3. The Morgan fingerprint density at radius 1 is 0.776 bits per heavy atom. The molecule has 0 spiro atoms. The lowest BCUT2D eigenvalue weighted by molar-refractivity contribution is -0.384. The number of alkyl halides is 5. The van der Waals surface area contributed by atoms with Crippen LogP contribution in [0.5, 0.6) is 23.0 Å². The summed E-state index contributed by atoms with van der Waals surface area (Å²) in [5.74, 6) is -5.20. The molecule has 0 aliphatic rings. The van der Waals surface area contributed by atoms with Gasteiger partial charge in [0.1, 0.15) is 35.4 Å². The van der Waals surface area contributed by atoms with Crippen LogP contribution < -0.4 is 20.5 Å². The molecule has 0 heterocycles. The van der Waals surface area contributed by atoms with E-state index in [4.69, 9.17) is 38.4 Å². The standard InChI is InChI=1S/C15H8F4N2O5.C13H9FN2O4.CH2Cl2/c16-10-5-12(21(24)25)11(20-14(23)15(17,18)19)6-13(10)26-9-3-1-8(7-22)2-4-9;14-10-5-12(16(18)19)11(15)6-13(10)20-9-3-1-8(7-17)2-4-9;2-1-3/h1-7H,(H,20,23);1-7H,15H2;1H2. The number of nitro benzene ring substituents is 2. The van der Waals surface area contributed by atoms with Crippen molar-refractivity contribution in [3.05, 3.63) is 116 Å². The van der Waals surface area contributed by atoms with Crippen molar-refractivity contribution in [1.29, 1.82) is 0 Å². The molecule has 0 saturated carbocycles. The lowest BCUT2D eigenvalue weighted by atomic mass is 10.2. The summed E-state index contributed by atoms with van der Waals surface area (Å²) in [6.45, 7) is 0. The Kier molecular flexibility index (Phi) is 14.3. The topological polar surface area (TPSA) is 194 Å². The van der Waals surface area contributed by atoms with Crippen LogP contribution in [0, 0.1) is 31.9 Å². The van der Waals surface area contributed by atoms with Gasteiger partial charge in [-0.15, -0.1) is 23.2 Å². The quantitative estimate of drug-likeness (QED) is 0.0423. The first kappa shape index (κ1) is 39.3. The Balaban J connectivity index is 0.000000324. The largest absolute Gasteiger partial charge is 0.471 e. The Bertz CT molecular complexity index is 1830. The second-order valence-electron chi connectivity index (χ2n) is 8.79. The zero-order chi connectivity index (χ0) is 36.9. The van der Waals surface area contributed by atoms with Gasteiger partial charge in [-0.25, -0.2) is 8.78 Å². The van der Waals surface area contributed by atoms with Crippen LogP contribution in [-0.2, 0) is 4.79 Å². The van der Waals surface area contributed by atoms with E-state index in [1.54, 1.807) is 0 Å². The number of benzene rings is 4. The Hall–Kier alpha value is -5.88. The zero-order valence-electron chi connectivity index (χ0n) is 24.1. The maximum absolute atomic E-state index is 14.0. The van der Waals surface area contributed by atoms with E-state index in [9.17, 15) is 56.6 Å². The van der Waals surface area contributed by atoms with Gasteiger partial charge in [-0.1, -0.05) is 0 Å². The average molecular weight is 733 g/mol. The molecule has 258 valence electrons. The highest BCUT2D eigenvalue weighted by molar-refractivity contribution is 6.40. The third-order valence-electron chi connectivity index (χ3n) is 5.52. The lowest BCUT2D eigenvalue weighted by Crippen LogP contribution is -2.30. The average Bonchev–Trinajstić information content (AvgIpc) is 3.04. The third-order valence-corrected chi connectivity index (χ3v) is 5.52. The predicted molar refractivity (Wildman–Crippen MR) is 166 cm³/mol. The smallest absolute Gasteiger partial charge is 0.454 e. The van der Waals surface area contributed by atoms with E-state index in [0.29, 0.717) is 41.9 Å². The van der Waals surface area contributed by atoms with E-state index in [1.807, 2.05) is 0 Å². The minimum atomic E-state index is -5.30. The van der Waals surface area contributed by atoms with Crippen molar-refractivity contribution >= 4 is 64.4 Å². The number of ether oxygens (including phenoxy) is 2. The Morgan fingerprint density at radius 3 is 1.53 bits per heavy atom. The van der Waals surface area contributed by atoms with Crippen molar-refractivity contribution in [2.45, 2.75) is 6.18 Å². The molecule has 3 N–H and O–H groups in total. The number of nitrogens with one attached hydrogen (secondary N) is 1. The normalized spacial score (nSPS) is 10.3. The zero-order valence-corrected chi connectivity index (χ0v) is 25.6. The van der Waals surface area contributed by atoms with Gasteiger partial charge in [0.25, 0.3) is 11.4 Å². The molecule has 49 heavy (non-hydrogen) atoms. The minimum absolute atomic E-state index is 0.0106. The van der Waals surface area contributed by atoms with E-state index in [2.05, 4.69) is 0 Å². The van der Waals surface area contributed by atoms with Crippen LogP contribution in [0.2, 0.25) is 0 Å². The van der Waals surface area contributed by atoms with Crippen molar-refractivity contribution in [3.63, 3.8) is 0 Å². The lowest BCUT2D eigenvalue weighted by Gasteiger charge is -2.12. The summed E-state index contributed by atoms with van der Waals surface area (Å²) in [6, 6.07) is 13.8. The summed E-state index contributed by atoms with van der Waals surface area (Å²) in [4.78, 5) is 51.6. The van der Waals surface area contributed by atoms with Crippen LogP contribution in [-0.4, -0.2) is 39.8 Å². The van der Waals surface area contributed by atoms with Crippen LogP contribution >= 0.6 is 23.2 Å².